The SMILES string of the molecule is CCCCCc1nnc(NC(=O)c2cccc(CS(C)(=O)=O)c2)s1. The van der Waals surface area contributed by atoms with E-state index >= 15 is 0 Å². The molecule has 0 aliphatic carbocycles. The molecule has 1 heterocycles. The van der Waals surface area contributed by atoms with E-state index in [-0.39, 0.29) is 11.7 Å². The van der Waals surface area contributed by atoms with Crippen LogP contribution in [0.25, 0.3) is 0 Å². The summed E-state index contributed by atoms with van der Waals surface area (Å²) in [5, 5.41) is 12.1. The van der Waals surface area contributed by atoms with Gasteiger partial charge in [-0.05, 0) is 24.1 Å². The Bertz CT molecular complexity index is 800. The van der Waals surface area contributed by atoms with E-state index in [0.717, 1.165) is 30.7 Å². The van der Waals surface area contributed by atoms with Crippen molar-refractivity contribution in [2.24, 2.45) is 0 Å². The number of aryl methyl sites for hydroxylation is 1. The van der Waals surface area contributed by atoms with Crippen molar-refractivity contribution in [2.75, 3.05) is 11.6 Å². The van der Waals surface area contributed by atoms with E-state index in [1.807, 2.05) is 0 Å². The fourth-order valence-electron chi connectivity index (χ4n) is 2.21. The lowest BCUT2D eigenvalue weighted by Gasteiger charge is -2.04. The lowest BCUT2D eigenvalue weighted by atomic mass is 10.1. The molecule has 1 amide bonds. The number of rotatable bonds is 8. The molecule has 0 aliphatic heterocycles. The molecular formula is C16H21N3O3S2. The zero-order valence-electron chi connectivity index (χ0n) is 13.8. The maximum absolute atomic E-state index is 12.3. The third kappa shape index (κ3) is 6.01. The molecule has 0 bridgehead atoms. The van der Waals surface area contributed by atoms with Crippen LogP contribution in [0.3, 0.4) is 0 Å². The smallest absolute Gasteiger partial charge is 0.257 e. The van der Waals surface area contributed by atoms with E-state index in [4.69, 9.17) is 0 Å². The molecule has 0 saturated heterocycles. The van der Waals surface area contributed by atoms with Crippen molar-refractivity contribution in [1.82, 2.24) is 10.2 Å². The number of amides is 1. The molecule has 130 valence electrons. The van der Waals surface area contributed by atoms with Gasteiger partial charge < -0.3 is 0 Å². The van der Waals surface area contributed by atoms with E-state index in [1.54, 1.807) is 24.3 Å². The molecule has 0 aliphatic rings. The highest BCUT2D eigenvalue weighted by Crippen LogP contribution is 2.19. The molecule has 6 nitrogen and oxygen atoms in total. The molecule has 0 unspecified atom stereocenters. The minimum Gasteiger partial charge on any atom is -0.296 e. The summed E-state index contributed by atoms with van der Waals surface area (Å²) in [6.07, 6.45) is 5.39. The standard InChI is InChI=1S/C16H21N3O3S2/c1-3-4-5-9-14-18-19-16(23-14)17-15(20)13-8-6-7-12(10-13)11-24(2,21)22/h6-8,10H,3-5,9,11H2,1-2H3,(H,17,19,20). The lowest BCUT2D eigenvalue weighted by molar-refractivity contribution is 0.102. The summed E-state index contributed by atoms with van der Waals surface area (Å²) >= 11 is 1.37. The number of carbonyl (C=O) groups is 1. The van der Waals surface area contributed by atoms with Crippen LogP contribution >= 0.6 is 11.3 Å². The molecule has 0 fully saturated rings. The van der Waals surface area contributed by atoms with Gasteiger partial charge in [0.05, 0.1) is 5.75 Å². The predicted molar refractivity (Wildman–Crippen MR) is 96.1 cm³/mol. The number of anilines is 1. The second kappa shape index (κ2) is 8.34. The molecule has 24 heavy (non-hydrogen) atoms. The highest BCUT2D eigenvalue weighted by atomic mass is 32.2. The largest absolute Gasteiger partial charge is 0.296 e. The first kappa shape index (κ1) is 18.5. The Labute approximate surface area is 146 Å². The van der Waals surface area contributed by atoms with Gasteiger partial charge in [0.2, 0.25) is 5.13 Å². The van der Waals surface area contributed by atoms with Crippen molar-refractivity contribution in [3.8, 4) is 0 Å². The van der Waals surface area contributed by atoms with Gasteiger partial charge in [-0.2, -0.15) is 0 Å². The summed E-state index contributed by atoms with van der Waals surface area (Å²) < 4.78 is 22.7. The van der Waals surface area contributed by atoms with Gasteiger partial charge in [0.25, 0.3) is 5.91 Å². The average Bonchev–Trinajstić information content (AvgIpc) is 2.93. The summed E-state index contributed by atoms with van der Waals surface area (Å²) in [6, 6.07) is 6.59. The van der Waals surface area contributed by atoms with E-state index in [1.165, 1.54) is 17.6 Å². The quantitative estimate of drug-likeness (QED) is 0.724. The lowest BCUT2D eigenvalue weighted by Crippen LogP contribution is -2.12. The van der Waals surface area contributed by atoms with Gasteiger partial charge in [-0.1, -0.05) is 43.2 Å². The van der Waals surface area contributed by atoms with Crippen LogP contribution in [0.5, 0.6) is 0 Å². The number of hydrogen-bond acceptors (Lipinski definition) is 6. The molecule has 0 atom stereocenters. The summed E-state index contributed by atoms with van der Waals surface area (Å²) in [4.78, 5) is 12.3. The molecule has 0 spiro atoms. The van der Waals surface area contributed by atoms with Gasteiger partial charge >= 0.3 is 0 Å². The highest BCUT2D eigenvalue weighted by Gasteiger charge is 2.12. The van der Waals surface area contributed by atoms with E-state index in [2.05, 4.69) is 22.4 Å². The van der Waals surface area contributed by atoms with E-state index in [0.29, 0.717) is 16.3 Å². The van der Waals surface area contributed by atoms with Gasteiger partial charge in [0, 0.05) is 18.2 Å². The van der Waals surface area contributed by atoms with E-state index < -0.39 is 9.84 Å². The molecule has 8 heteroatoms. The van der Waals surface area contributed by atoms with Crippen molar-refractivity contribution >= 4 is 32.2 Å². The fraction of sp³-hybridized carbons (Fsp3) is 0.438. The number of carbonyl (C=O) groups excluding carboxylic acids is 1. The normalized spacial score (nSPS) is 11.4. The van der Waals surface area contributed by atoms with Crippen LogP contribution in [0.1, 0.15) is 47.1 Å². The topological polar surface area (TPSA) is 89.0 Å². The highest BCUT2D eigenvalue weighted by molar-refractivity contribution is 7.89. The minimum absolute atomic E-state index is 0.0888. The molecular weight excluding hydrogens is 346 g/mol. The van der Waals surface area contributed by atoms with Crippen molar-refractivity contribution in [3.63, 3.8) is 0 Å². The number of nitrogens with one attached hydrogen (secondary N) is 1. The minimum atomic E-state index is -3.14. The van der Waals surface area contributed by atoms with Crippen LogP contribution in [0.4, 0.5) is 5.13 Å². The Morgan fingerprint density at radius 1 is 1.25 bits per heavy atom. The van der Waals surface area contributed by atoms with Crippen LogP contribution in [-0.2, 0) is 22.0 Å². The Morgan fingerprint density at radius 3 is 2.75 bits per heavy atom. The van der Waals surface area contributed by atoms with Crippen molar-refractivity contribution in [2.45, 2.75) is 38.4 Å². The average molecular weight is 367 g/mol. The number of nitrogens with zero attached hydrogens (tertiary/aromatic N) is 2. The summed E-state index contributed by atoms with van der Waals surface area (Å²) in [5.41, 5.74) is 0.988. The molecule has 1 N–H and O–H groups in total. The summed E-state index contributed by atoms with van der Waals surface area (Å²) in [6.45, 7) is 2.14. The number of sulfone groups is 1. The third-order valence-corrected chi connectivity index (χ3v) is 5.06. The van der Waals surface area contributed by atoms with Gasteiger partial charge in [-0.25, -0.2) is 8.42 Å². The maximum atomic E-state index is 12.3. The van der Waals surface area contributed by atoms with Crippen LogP contribution in [0, 0.1) is 0 Å². The first-order valence-electron chi connectivity index (χ1n) is 7.78. The zero-order chi connectivity index (χ0) is 17.6. The van der Waals surface area contributed by atoms with Crippen molar-refractivity contribution in [3.05, 3.63) is 40.4 Å². The monoisotopic (exact) mass is 367 g/mol. The van der Waals surface area contributed by atoms with E-state index in [9.17, 15) is 13.2 Å². The first-order valence-corrected chi connectivity index (χ1v) is 10.7. The Kier molecular flexibility index (Phi) is 6.44. The van der Waals surface area contributed by atoms with Gasteiger partial charge in [-0.3, -0.25) is 10.1 Å². The van der Waals surface area contributed by atoms with Crippen LogP contribution in [0.2, 0.25) is 0 Å². The van der Waals surface area contributed by atoms with Crippen LogP contribution in [0.15, 0.2) is 24.3 Å². The third-order valence-electron chi connectivity index (χ3n) is 3.30. The Hall–Kier alpha value is -1.80. The Morgan fingerprint density at radius 2 is 2.04 bits per heavy atom. The molecule has 2 rings (SSSR count). The molecule has 0 radical (unpaired) electrons. The van der Waals surface area contributed by atoms with Gasteiger partial charge in [0.15, 0.2) is 9.84 Å². The summed E-state index contributed by atoms with van der Waals surface area (Å²) in [7, 11) is -3.14. The van der Waals surface area contributed by atoms with Crippen LogP contribution in [-0.4, -0.2) is 30.8 Å². The number of benzene rings is 1. The first-order chi connectivity index (χ1) is 11.4. The summed E-state index contributed by atoms with van der Waals surface area (Å²) in [5.74, 6) is -0.407. The van der Waals surface area contributed by atoms with Gasteiger partial charge in [0.1, 0.15) is 5.01 Å². The van der Waals surface area contributed by atoms with Gasteiger partial charge in [-0.15, -0.1) is 10.2 Å². The van der Waals surface area contributed by atoms with Crippen molar-refractivity contribution in [1.29, 1.82) is 0 Å². The van der Waals surface area contributed by atoms with Crippen molar-refractivity contribution < 1.29 is 13.2 Å². The molecule has 2 aromatic rings. The maximum Gasteiger partial charge on any atom is 0.257 e. The second-order valence-electron chi connectivity index (χ2n) is 5.68. The van der Waals surface area contributed by atoms with Crippen LogP contribution < -0.4 is 5.32 Å². The number of aromatic nitrogens is 2. The predicted octanol–water partition coefficient (Wildman–Crippen LogP) is 3.07. The second-order valence-corrected chi connectivity index (χ2v) is 8.88. The molecule has 1 aromatic heterocycles. The Balaban J connectivity index is 2.01. The number of hydrogen-bond donors (Lipinski definition) is 1. The number of unbranched alkanes of at least 4 members (excludes halogenated alkanes) is 2. The molecule has 1 aromatic carbocycles. The fourth-order valence-corrected chi connectivity index (χ4v) is 3.77. The zero-order valence-corrected chi connectivity index (χ0v) is 15.4. The molecule has 0 saturated carbocycles.